The third kappa shape index (κ3) is 4.48. The Morgan fingerprint density at radius 2 is 2.00 bits per heavy atom. The zero-order valence-corrected chi connectivity index (χ0v) is 13.2. The van der Waals surface area contributed by atoms with Gasteiger partial charge in [0.05, 0.1) is 5.56 Å². The third-order valence-electron chi connectivity index (χ3n) is 3.47. The van der Waals surface area contributed by atoms with E-state index in [1.165, 1.54) is 10.9 Å². The van der Waals surface area contributed by atoms with Crippen molar-refractivity contribution in [2.75, 3.05) is 6.54 Å². The Morgan fingerprint density at radius 3 is 2.62 bits per heavy atom. The molecule has 0 radical (unpaired) electrons. The van der Waals surface area contributed by atoms with Gasteiger partial charge in [-0.3, -0.25) is 9.69 Å². The van der Waals surface area contributed by atoms with Crippen molar-refractivity contribution in [2.45, 2.75) is 32.9 Å². The Kier molecular flexibility index (Phi) is 5.65. The van der Waals surface area contributed by atoms with Gasteiger partial charge in [0.15, 0.2) is 5.78 Å². The molecule has 0 unspecified atom stereocenters. The lowest BCUT2D eigenvalue weighted by molar-refractivity contribution is 0.0949. The lowest BCUT2D eigenvalue weighted by Crippen LogP contribution is -2.32. The van der Waals surface area contributed by atoms with Crippen LogP contribution in [0.15, 0.2) is 41.8 Å². The van der Waals surface area contributed by atoms with Crippen molar-refractivity contribution in [1.82, 2.24) is 4.90 Å². The number of carbonyl (C=O) groups is 1. The molecular weight excluding hydrogens is 285 g/mol. The maximum atomic E-state index is 13.6. The van der Waals surface area contributed by atoms with Crippen LogP contribution in [0.5, 0.6) is 0 Å². The van der Waals surface area contributed by atoms with E-state index in [4.69, 9.17) is 0 Å². The molecule has 0 spiro atoms. The summed E-state index contributed by atoms with van der Waals surface area (Å²) in [6, 6.07) is 10.7. The molecule has 21 heavy (non-hydrogen) atoms. The van der Waals surface area contributed by atoms with Crippen molar-refractivity contribution >= 4 is 17.1 Å². The number of hydrogen-bond acceptors (Lipinski definition) is 3. The van der Waals surface area contributed by atoms with Crippen LogP contribution < -0.4 is 0 Å². The van der Waals surface area contributed by atoms with E-state index >= 15 is 0 Å². The number of Topliss-reactive ketones (excluding diaryl/α,β-unsaturated/α-hetero) is 1. The van der Waals surface area contributed by atoms with Crippen LogP contribution in [0.4, 0.5) is 4.39 Å². The molecular formula is C17H20FNOS. The lowest BCUT2D eigenvalue weighted by Gasteiger charge is -2.25. The summed E-state index contributed by atoms with van der Waals surface area (Å²) in [7, 11) is 0. The second-order valence-corrected chi connectivity index (χ2v) is 6.33. The normalized spacial score (nSPS) is 11.3. The van der Waals surface area contributed by atoms with Crippen LogP contribution in [-0.4, -0.2) is 23.3 Å². The molecule has 0 bridgehead atoms. The van der Waals surface area contributed by atoms with Crippen molar-refractivity contribution in [3.05, 3.63) is 58.0 Å². The Hall–Kier alpha value is -1.52. The van der Waals surface area contributed by atoms with Crippen molar-refractivity contribution in [3.8, 4) is 0 Å². The van der Waals surface area contributed by atoms with E-state index < -0.39 is 5.82 Å². The fourth-order valence-corrected chi connectivity index (χ4v) is 2.92. The van der Waals surface area contributed by atoms with Gasteiger partial charge in [0.1, 0.15) is 5.82 Å². The van der Waals surface area contributed by atoms with Crippen LogP contribution in [-0.2, 0) is 6.54 Å². The molecule has 0 aliphatic carbocycles. The van der Waals surface area contributed by atoms with Gasteiger partial charge < -0.3 is 0 Å². The predicted molar refractivity (Wildman–Crippen MR) is 85.2 cm³/mol. The van der Waals surface area contributed by atoms with Crippen LogP contribution in [0.2, 0.25) is 0 Å². The number of nitrogens with zero attached hydrogens (tertiary/aromatic N) is 1. The number of benzene rings is 1. The van der Waals surface area contributed by atoms with Crippen LogP contribution in [0.1, 0.15) is 35.5 Å². The molecule has 0 amide bonds. The van der Waals surface area contributed by atoms with Gasteiger partial charge in [-0.25, -0.2) is 4.39 Å². The highest BCUT2D eigenvalue weighted by Gasteiger charge is 2.15. The van der Waals surface area contributed by atoms with Gasteiger partial charge in [-0.1, -0.05) is 18.2 Å². The molecule has 2 nitrogen and oxygen atoms in total. The summed E-state index contributed by atoms with van der Waals surface area (Å²) in [6.07, 6.45) is 0.338. The number of halogens is 1. The zero-order chi connectivity index (χ0) is 15.2. The lowest BCUT2D eigenvalue weighted by atomic mass is 10.1. The number of hydrogen-bond donors (Lipinski definition) is 0. The number of thiophene rings is 1. The van der Waals surface area contributed by atoms with Crippen molar-refractivity contribution in [2.24, 2.45) is 0 Å². The first-order valence-electron chi connectivity index (χ1n) is 7.12. The molecule has 2 rings (SSSR count). The van der Waals surface area contributed by atoms with Crippen LogP contribution >= 0.6 is 11.3 Å². The van der Waals surface area contributed by atoms with Crippen molar-refractivity contribution in [1.29, 1.82) is 0 Å². The summed E-state index contributed by atoms with van der Waals surface area (Å²) in [6.45, 7) is 5.70. The maximum absolute atomic E-state index is 13.6. The Morgan fingerprint density at radius 1 is 1.24 bits per heavy atom. The predicted octanol–water partition coefficient (Wildman–Crippen LogP) is 4.37. The summed E-state index contributed by atoms with van der Waals surface area (Å²) in [5, 5.41) is 2.05. The fraction of sp³-hybridized carbons (Fsp3) is 0.353. The van der Waals surface area contributed by atoms with Gasteiger partial charge in [0.2, 0.25) is 0 Å². The average Bonchev–Trinajstić information content (AvgIpc) is 2.96. The quantitative estimate of drug-likeness (QED) is 0.708. The molecule has 0 saturated carbocycles. The highest BCUT2D eigenvalue weighted by atomic mass is 32.1. The minimum atomic E-state index is -0.433. The van der Waals surface area contributed by atoms with E-state index in [1.54, 1.807) is 29.5 Å². The summed E-state index contributed by atoms with van der Waals surface area (Å²) < 4.78 is 13.6. The van der Waals surface area contributed by atoms with E-state index in [-0.39, 0.29) is 11.3 Å². The molecule has 4 heteroatoms. The molecule has 0 fully saturated rings. The highest BCUT2D eigenvalue weighted by Crippen LogP contribution is 2.15. The second kappa shape index (κ2) is 7.48. The van der Waals surface area contributed by atoms with E-state index in [0.717, 1.165) is 6.54 Å². The molecule has 1 heterocycles. The molecule has 0 saturated heterocycles. The van der Waals surface area contributed by atoms with Crippen LogP contribution in [0, 0.1) is 5.82 Å². The average molecular weight is 305 g/mol. The molecule has 1 aromatic heterocycles. The summed E-state index contributed by atoms with van der Waals surface area (Å²) in [5.41, 5.74) is 0.192. The Labute approximate surface area is 129 Å². The minimum Gasteiger partial charge on any atom is -0.295 e. The van der Waals surface area contributed by atoms with Gasteiger partial charge in [-0.15, -0.1) is 11.3 Å². The molecule has 0 aliphatic heterocycles. The molecule has 0 N–H and O–H groups in total. The van der Waals surface area contributed by atoms with Crippen molar-refractivity contribution in [3.63, 3.8) is 0 Å². The first kappa shape index (κ1) is 15.9. The van der Waals surface area contributed by atoms with E-state index in [1.807, 2.05) is 6.07 Å². The van der Waals surface area contributed by atoms with Gasteiger partial charge in [-0.2, -0.15) is 0 Å². The Bertz CT molecular complexity index is 580. The van der Waals surface area contributed by atoms with E-state index in [2.05, 4.69) is 30.2 Å². The standard InChI is InChI=1S/C17H20FNOS/c1-13(2)19(12-14-6-5-11-21-14)10-9-17(20)15-7-3-4-8-16(15)18/h3-8,11,13H,9-10,12H2,1-2H3. The Balaban J connectivity index is 1.96. The van der Waals surface area contributed by atoms with Gasteiger partial charge in [0.25, 0.3) is 0 Å². The summed E-state index contributed by atoms with van der Waals surface area (Å²) in [5.74, 6) is -0.568. The van der Waals surface area contributed by atoms with Gasteiger partial charge in [0, 0.05) is 30.4 Å². The van der Waals surface area contributed by atoms with Crippen molar-refractivity contribution < 1.29 is 9.18 Å². The first-order valence-corrected chi connectivity index (χ1v) is 8.00. The number of rotatable bonds is 7. The zero-order valence-electron chi connectivity index (χ0n) is 12.4. The van der Waals surface area contributed by atoms with Gasteiger partial charge >= 0.3 is 0 Å². The SMILES string of the molecule is CC(C)N(CCC(=O)c1ccccc1F)Cc1cccs1. The minimum absolute atomic E-state index is 0.134. The number of ketones is 1. The monoisotopic (exact) mass is 305 g/mol. The topological polar surface area (TPSA) is 20.3 Å². The molecule has 2 aromatic rings. The molecule has 0 aliphatic rings. The smallest absolute Gasteiger partial charge is 0.167 e. The maximum Gasteiger partial charge on any atom is 0.167 e. The largest absolute Gasteiger partial charge is 0.295 e. The summed E-state index contributed by atoms with van der Waals surface area (Å²) in [4.78, 5) is 15.7. The number of carbonyl (C=O) groups excluding carboxylic acids is 1. The highest BCUT2D eigenvalue weighted by molar-refractivity contribution is 7.09. The van der Waals surface area contributed by atoms with E-state index in [9.17, 15) is 9.18 Å². The molecule has 1 aromatic carbocycles. The second-order valence-electron chi connectivity index (χ2n) is 5.30. The van der Waals surface area contributed by atoms with Gasteiger partial charge in [-0.05, 0) is 37.4 Å². The summed E-state index contributed by atoms with van der Waals surface area (Å²) >= 11 is 1.72. The fourth-order valence-electron chi connectivity index (χ4n) is 2.19. The van der Waals surface area contributed by atoms with Crippen LogP contribution in [0.3, 0.4) is 0 Å². The van der Waals surface area contributed by atoms with Crippen LogP contribution in [0.25, 0.3) is 0 Å². The third-order valence-corrected chi connectivity index (χ3v) is 4.33. The van der Waals surface area contributed by atoms with E-state index in [0.29, 0.717) is 19.0 Å². The molecule has 0 atom stereocenters. The first-order chi connectivity index (χ1) is 10.1. The molecule has 112 valence electrons.